The molecule has 0 aliphatic carbocycles. The van der Waals surface area contributed by atoms with E-state index in [2.05, 4.69) is 25.1 Å². The Kier molecular flexibility index (Phi) is 4.70. The molecule has 1 N–H and O–H groups in total. The van der Waals surface area contributed by atoms with Gasteiger partial charge in [0, 0.05) is 49.9 Å². The zero-order chi connectivity index (χ0) is 19.0. The third-order valence-electron chi connectivity index (χ3n) is 4.70. The molecule has 9 nitrogen and oxygen atoms in total. The predicted octanol–water partition coefficient (Wildman–Crippen LogP) is 1.58. The van der Waals surface area contributed by atoms with Gasteiger partial charge >= 0.3 is 0 Å². The van der Waals surface area contributed by atoms with E-state index in [-0.39, 0.29) is 10.8 Å². The van der Waals surface area contributed by atoms with Crippen LogP contribution in [0.25, 0.3) is 11.0 Å². The van der Waals surface area contributed by atoms with Crippen LogP contribution >= 0.6 is 0 Å². The molecule has 0 spiro atoms. The van der Waals surface area contributed by atoms with Crippen molar-refractivity contribution in [2.24, 2.45) is 0 Å². The Morgan fingerprint density at radius 1 is 1.22 bits per heavy atom. The second-order valence-corrected chi connectivity index (χ2v) is 8.83. The minimum Gasteiger partial charge on any atom is -0.424 e. The minimum absolute atomic E-state index is 0.193. The standard InChI is InChI=1S/C17H22N6O3S/c1-12(2)17-21-20-15(26-17)11-22-6-8-23(9-7-22)27(24,25)14-10-19-16-13(14)4-3-5-18-16/h3-5,10,12H,6-9,11H2,1-2H3,(H,18,19). The smallest absolute Gasteiger partial charge is 0.245 e. The van der Waals surface area contributed by atoms with Crippen LogP contribution in [0.5, 0.6) is 0 Å². The fourth-order valence-electron chi connectivity index (χ4n) is 3.17. The normalized spacial score (nSPS) is 17.1. The number of aromatic amines is 1. The van der Waals surface area contributed by atoms with Crippen LogP contribution in [-0.2, 0) is 16.6 Å². The van der Waals surface area contributed by atoms with Gasteiger partial charge in [-0.25, -0.2) is 13.4 Å². The Morgan fingerprint density at radius 2 is 2.00 bits per heavy atom. The number of H-pyrrole nitrogens is 1. The zero-order valence-corrected chi connectivity index (χ0v) is 16.1. The Morgan fingerprint density at radius 3 is 2.70 bits per heavy atom. The lowest BCUT2D eigenvalue weighted by atomic mass is 10.2. The van der Waals surface area contributed by atoms with Crippen LogP contribution < -0.4 is 0 Å². The van der Waals surface area contributed by atoms with E-state index in [0.717, 1.165) is 0 Å². The quantitative estimate of drug-likeness (QED) is 0.704. The molecule has 0 amide bonds. The van der Waals surface area contributed by atoms with Gasteiger partial charge in [-0.05, 0) is 12.1 Å². The van der Waals surface area contributed by atoms with Crippen molar-refractivity contribution in [3.05, 3.63) is 36.3 Å². The summed E-state index contributed by atoms with van der Waals surface area (Å²) in [6, 6.07) is 3.51. The van der Waals surface area contributed by atoms with E-state index in [1.54, 1.807) is 18.3 Å². The van der Waals surface area contributed by atoms with Gasteiger partial charge < -0.3 is 9.40 Å². The first-order chi connectivity index (χ1) is 12.9. The van der Waals surface area contributed by atoms with Crippen molar-refractivity contribution in [2.75, 3.05) is 26.2 Å². The first kappa shape index (κ1) is 18.1. The number of fused-ring (bicyclic) bond motifs is 1. The maximum atomic E-state index is 13.0. The number of hydrogen-bond donors (Lipinski definition) is 1. The molecule has 1 fully saturated rings. The molecule has 0 bridgehead atoms. The van der Waals surface area contributed by atoms with Gasteiger partial charge in [0.25, 0.3) is 0 Å². The first-order valence-corrected chi connectivity index (χ1v) is 10.4. The van der Waals surface area contributed by atoms with Crippen molar-refractivity contribution in [1.82, 2.24) is 29.4 Å². The molecule has 1 saturated heterocycles. The lowest BCUT2D eigenvalue weighted by molar-refractivity contribution is 0.167. The average molecular weight is 390 g/mol. The summed E-state index contributed by atoms with van der Waals surface area (Å²) >= 11 is 0. The molecular formula is C17H22N6O3S. The summed E-state index contributed by atoms with van der Waals surface area (Å²) in [6.07, 6.45) is 3.15. The summed E-state index contributed by atoms with van der Waals surface area (Å²) < 4.78 is 33.2. The number of hydrogen-bond acceptors (Lipinski definition) is 7. The van der Waals surface area contributed by atoms with Crippen LogP contribution in [0.1, 0.15) is 31.5 Å². The minimum atomic E-state index is -3.56. The highest BCUT2D eigenvalue weighted by Gasteiger charge is 2.31. The Balaban J connectivity index is 1.43. The molecule has 1 aliphatic heterocycles. The van der Waals surface area contributed by atoms with Gasteiger partial charge in [0.15, 0.2) is 0 Å². The molecule has 0 atom stereocenters. The number of nitrogens with one attached hydrogen (secondary N) is 1. The molecule has 3 aromatic rings. The van der Waals surface area contributed by atoms with Crippen LogP contribution in [0.3, 0.4) is 0 Å². The summed E-state index contributed by atoms with van der Waals surface area (Å²) in [7, 11) is -3.56. The van der Waals surface area contributed by atoms with E-state index in [9.17, 15) is 8.42 Å². The van der Waals surface area contributed by atoms with Crippen LogP contribution in [0.2, 0.25) is 0 Å². The van der Waals surface area contributed by atoms with Gasteiger partial charge in [-0.1, -0.05) is 13.8 Å². The van der Waals surface area contributed by atoms with E-state index in [1.165, 1.54) is 10.5 Å². The van der Waals surface area contributed by atoms with Gasteiger partial charge in [-0.15, -0.1) is 10.2 Å². The highest BCUT2D eigenvalue weighted by atomic mass is 32.2. The van der Waals surface area contributed by atoms with Crippen molar-refractivity contribution < 1.29 is 12.8 Å². The largest absolute Gasteiger partial charge is 0.424 e. The summed E-state index contributed by atoms with van der Waals surface area (Å²) in [5.74, 6) is 1.38. The molecule has 27 heavy (non-hydrogen) atoms. The number of piperazine rings is 1. The summed E-state index contributed by atoms with van der Waals surface area (Å²) in [5.41, 5.74) is 0.576. The SMILES string of the molecule is CC(C)c1nnc(CN2CCN(S(=O)(=O)c3c[nH]c4ncccc34)CC2)o1. The summed E-state index contributed by atoms with van der Waals surface area (Å²) in [6.45, 7) is 6.59. The molecule has 1 aliphatic rings. The van der Waals surface area contributed by atoms with Gasteiger partial charge in [0.1, 0.15) is 10.5 Å². The molecule has 3 aromatic heterocycles. The predicted molar refractivity (Wildman–Crippen MR) is 98.5 cm³/mol. The third-order valence-corrected chi connectivity index (χ3v) is 6.64. The Hall–Kier alpha value is -2.30. The molecule has 144 valence electrons. The van der Waals surface area contributed by atoms with Gasteiger partial charge in [-0.2, -0.15) is 4.31 Å². The third kappa shape index (κ3) is 3.47. The van der Waals surface area contributed by atoms with E-state index in [0.29, 0.717) is 55.5 Å². The molecule has 0 saturated carbocycles. The number of pyridine rings is 1. The van der Waals surface area contributed by atoms with Gasteiger partial charge in [-0.3, -0.25) is 4.90 Å². The second kappa shape index (κ2) is 7.02. The highest BCUT2D eigenvalue weighted by Crippen LogP contribution is 2.25. The van der Waals surface area contributed by atoms with Gasteiger partial charge in [0.05, 0.1) is 6.54 Å². The van der Waals surface area contributed by atoms with Gasteiger partial charge in [0.2, 0.25) is 21.8 Å². The number of rotatable bonds is 5. The number of nitrogens with zero attached hydrogens (tertiary/aromatic N) is 5. The summed E-state index contributed by atoms with van der Waals surface area (Å²) in [5, 5.41) is 8.73. The van der Waals surface area contributed by atoms with E-state index in [4.69, 9.17) is 4.42 Å². The molecule has 10 heteroatoms. The zero-order valence-electron chi connectivity index (χ0n) is 15.3. The van der Waals surface area contributed by atoms with Crippen molar-refractivity contribution >= 4 is 21.1 Å². The average Bonchev–Trinajstić information content (AvgIpc) is 3.29. The number of aromatic nitrogens is 4. The molecule has 0 aromatic carbocycles. The summed E-state index contributed by atoms with van der Waals surface area (Å²) in [4.78, 5) is 9.50. The van der Waals surface area contributed by atoms with E-state index < -0.39 is 10.0 Å². The monoisotopic (exact) mass is 390 g/mol. The van der Waals surface area contributed by atoms with Crippen molar-refractivity contribution in [2.45, 2.75) is 31.2 Å². The Labute approximate surface area is 157 Å². The second-order valence-electron chi connectivity index (χ2n) is 6.92. The van der Waals surface area contributed by atoms with Crippen molar-refractivity contribution in [3.8, 4) is 0 Å². The fourth-order valence-corrected chi connectivity index (χ4v) is 4.74. The number of sulfonamides is 1. The molecule has 4 heterocycles. The topological polar surface area (TPSA) is 108 Å². The van der Waals surface area contributed by atoms with Crippen LogP contribution in [0, 0.1) is 0 Å². The van der Waals surface area contributed by atoms with Crippen LogP contribution in [0.4, 0.5) is 0 Å². The first-order valence-electron chi connectivity index (χ1n) is 8.92. The maximum Gasteiger partial charge on any atom is 0.245 e. The molecular weight excluding hydrogens is 368 g/mol. The molecule has 0 unspecified atom stereocenters. The molecule has 0 radical (unpaired) electrons. The fraction of sp³-hybridized carbons (Fsp3) is 0.471. The highest BCUT2D eigenvalue weighted by molar-refractivity contribution is 7.89. The lowest BCUT2D eigenvalue weighted by Gasteiger charge is -2.33. The maximum absolute atomic E-state index is 13.0. The van der Waals surface area contributed by atoms with Crippen LogP contribution in [-0.4, -0.2) is 64.0 Å². The van der Waals surface area contributed by atoms with Crippen molar-refractivity contribution in [3.63, 3.8) is 0 Å². The van der Waals surface area contributed by atoms with Crippen LogP contribution in [0.15, 0.2) is 33.8 Å². The lowest BCUT2D eigenvalue weighted by Crippen LogP contribution is -2.48. The van der Waals surface area contributed by atoms with E-state index >= 15 is 0 Å². The Bertz CT molecular complexity index is 1030. The van der Waals surface area contributed by atoms with Crippen molar-refractivity contribution in [1.29, 1.82) is 0 Å². The molecule has 4 rings (SSSR count). The van der Waals surface area contributed by atoms with E-state index in [1.807, 2.05) is 13.8 Å².